The maximum atomic E-state index is 12.6. The Bertz CT molecular complexity index is 749. The molecule has 0 aliphatic carbocycles. The van der Waals surface area contributed by atoms with E-state index in [-0.39, 0.29) is 17.9 Å². The number of ether oxygens (including phenoxy) is 1. The van der Waals surface area contributed by atoms with E-state index in [0.717, 1.165) is 37.2 Å². The second-order valence-electron chi connectivity index (χ2n) is 7.58. The molecule has 27 heavy (non-hydrogen) atoms. The molecule has 144 valence electrons. The number of benzene rings is 2. The lowest BCUT2D eigenvalue weighted by Gasteiger charge is -2.33. The van der Waals surface area contributed by atoms with Gasteiger partial charge >= 0.3 is 0 Å². The molecule has 1 N–H and O–H groups in total. The molecule has 0 saturated carbocycles. The van der Waals surface area contributed by atoms with Gasteiger partial charge < -0.3 is 15.0 Å². The lowest BCUT2D eigenvalue weighted by atomic mass is 9.95. The van der Waals surface area contributed by atoms with Gasteiger partial charge in [-0.3, -0.25) is 4.79 Å². The smallest absolute Gasteiger partial charge is 0.223 e. The Labute approximate surface area is 162 Å². The number of hydrogen-bond acceptors (Lipinski definition) is 3. The topological polar surface area (TPSA) is 41.6 Å². The Morgan fingerprint density at radius 1 is 1.11 bits per heavy atom. The van der Waals surface area contributed by atoms with Crippen molar-refractivity contribution in [1.29, 1.82) is 0 Å². The van der Waals surface area contributed by atoms with Crippen molar-refractivity contribution in [2.75, 3.05) is 24.6 Å². The van der Waals surface area contributed by atoms with Gasteiger partial charge in [-0.2, -0.15) is 0 Å². The van der Waals surface area contributed by atoms with E-state index in [1.54, 1.807) is 0 Å². The summed E-state index contributed by atoms with van der Waals surface area (Å²) < 4.78 is 5.85. The van der Waals surface area contributed by atoms with Crippen molar-refractivity contribution in [2.24, 2.45) is 5.92 Å². The van der Waals surface area contributed by atoms with Crippen LogP contribution >= 0.6 is 0 Å². The highest BCUT2D eigenvalue weighted by atomic mass is 16.5. The summed E-state index contributed by atoms with van der Waals surface area (Å²) in [5, 5.41) is 3.12. The molecule has 2 aromatic carbocycles. The number of amides is 1. The van der Waals surface area contributed by atoms with E-state index in [9.17, 15) is 4.79 Å². The molecule has 0 bridgehead atoms. The van der Waals surface area contributed by atoms with Gasteiger partial charge in [-0.05, 0) is 57.4 Å². The minimum absolute atomic E-state index is 0.00719. The Hall–Kier alpha value is -2.49. The Morgan fingerprint density at radius 2 is 1.78 bits per heavy atom. The summed E-state index contributed by atoms with van der Waals surface area (Å²) in [6, 6.07) is 16.6. The van der Waals surface area contributed by atoms with Crippen molar-refractivity contribution in [3.63, 3.8) is 0 Å². The minimum atomic E-state index is -0.00719. The number of nitrogens with zero attached hydrogens (tertiary/aromatic N) is 1. The van der Waals surface area contributed by atoms with Crippen molar-refractivity contribution < 1.29 is 9.53 Å². The van der Waals surface area contributed by atoms with Crippen LogP contribution in [0.5, 0.6) is 5.75 Å². The van der Waals surface area contributed by atoms with Gasteiger partial charge in [0.05, 0.1) is 6.04 Å². The minimum Gasteiger partial charge on any atom is -0.491 e. The fourth-order valence-corrected chi connectivity index (χ4v) is 3.49. The van der Waals surface area contributed by atoms with Crippen molar-refractivity contribution in [1.82, 2.24) is 5.32 Å². The van der Waals surface area contributed by atoms with Crippen molar-refractivity contribution in [2.45, 2.75) is 39.7 Å². The van der Waals surface area contributed by atoms with Crippen LogP contribution in [-0.2, 0) is 4.79 Å². The third-order valence-corrected chi connectivity index (χ3v) is 5.24. The van der Waals surface area contributed by atoms with E-state index >= 15 is 0 Å². The van der Waals surface area contributed by atoms with E-state index in [2.05, 4.69) is 41.4 Å². The Morgan fingerprint density at radius 3 is 2.44 bits per heavy atom. The fraction of sp³-hybridized carbons (Fsp3) is 0.435. The zero-order chi connectivity index (χ0) is 19.2. The number of anilines is 1. The summed E-state index contributed by atoms with van der Waals surface area (Å²) in [6.45, 7) is 8.46. The van der Waals surface area contributed by atoms with Gasteiger partial charge in [-0.25, -0.2) is 0 Å². The monoisotopic (exact) mass is 366 g/mol. The summed E-state index contributed by atoms with van der Waals surface area (Å²) in [4.78, 5) is 15.0. The van der Waals surface area contributed by atoms with E-state index in [1.807, 2.05) is 38.1 Å². The van der Waals surface area contributed by atoms with Crippen LogP contribution in [0.25, 0.3) is 0 Å². The van der Waals surface area contributed by atoms with E-state index in [0.29, 0.717) is 6.61 Å². The van der Waals surface area contributed by atoms with Gasteiger partial charge in [-0.15, -0.1) is 0 Å². The first-order valence-corrected chi connectivity index (χ1v) is 9.83. The maximum Gasteiger partial charge on any atom is 0.223 e. The van der Waals surface area contributed by atoms with Gasteiger partial charge in [0.2, 0.25) is 5.91 Å². The van der Waals surface area contributed by atoms with Crippen LogP contribution in [-0.4, -0.2) is 31.6 Å². The predicted octanol–water partition coefficient (Wildman–Crippen LogP) is 4.10. The molecule has 1 saturated heterocycles. The highest BCUT2D eigenvalue weighted by Crippen LogP contribution is 2.24. The number of para-hydroxylation sites is 1. The molecule has 4 heteroatoms. The molecule has 1 atom stereocenters. The summed E-state index contributed by atoms with van der Waals surface area (Å²) in [5.74, 6) is 1.12. The molecule has 3 rings (SSSR count). The van der Waals surface area contributed by atoms with Gasteiger partial charge in [0, 0.05) is 24.7 Å². The lowest BCUT2D eigenvalue weighted by molar-refractivity contribution is -0.126. The second kappa shape index (κ2) is 8.94. The van der Waals surface area contributed by atoms with Crippen LogP contribution in [0.15, 0.2) is 48.5 Å². The molecule has 0 aromatic heterocycles. The van der Waals surface area contributed by atoms with E-state index < -0.39 is 0 Å². The van der Waals surface area contributed by atoms with Crippen LogP contribution in [0.1, 0.15) is 30.9 Å². The molecular weight excluding hydrogens is 336 g/mol. The Kier molecular flexibility index (Phi) is 6.38. The van der Waals surface area contributed by atoms with Crippen molar-refractivity contribution >= 4 is 11.6 Å². The van der Waals surface area contributed by atoms with Gasteiger partial charge in [0.15, 0.2) is 0 Å². The molecular formula is C23H30N2O2. The lowest BCUT2D eigenvalue weighted by Crippen LogP contribution is -2.44. The number of carbonyl (C=O) groups excluding carboxylic acids is 1. The van der Waals surface area contributed by atoms with E-state index in [4.69, 9.17) is 4.74 Å². The number of aryl methyl sites for hydroxylation is 2. The highest BCUT2D eigenvalue weighted by molar-refractivity contribution is 5.79. The molecule has 0 unspecified atom stereocenters. The van der Waals surface area contributed by atoms with Crippen LogP contribution in [0.4, 0.5) is 5.69 Å². The van der Waals surface area contributed by atoms with Gasteiger partial charge in [0.1, 0.15) is 12.4 Å². The Balaban J connectivity index is 1.43. The summed E-state index contributed by atoms with van der Waals surface area (Å²) in [5.41, 5.74) is 3.63. The standard InChI is InChI=1S/C23H30N2O2/c1-17-8-10-21(11-9-17)25-14-12-20(13-15-25)23(26)24-19(3)16-27-22-7-5-4-6-18(22)2/h4-11,19-20H,12-16H2,1-3H3,(H,24,26)/t19-/m0/s1. The molecule has 4 nitrogen and oxygen atoms in total. The number of nitrogens with one attached hydrogen (secondary N) is 1. The molecule has 1 amide bonds. The largest absolute Gasteiger partial charge is 0.491 e. The molecule has 0 spiro atoms. The van der Waals surface area contributed by atoms with Crippen LogP contribution < -0.4 is 15.0 Å². The maximum absolute atomic E-state index is 12.6. The number of piperidine rings is 1. The van der Waals surface area contributed by atoms with Gasteiger partial charge in [0.25, 0.3) is 0 Å². The first kappa shape index (κ1) is 19.3. The first-order valence-electron chi connectivity index (χ1n) is 9.83. The number of carbonyl (C=O) groups is 1. The zero-order valence-corrected chi connectivity index (χ0v) is 16.6. The number of hydrogen-bond donors (Lipinski definition) is 1. The molecule has 1 aliphatic heterocycles. The molecule has 1 aliphatic rings. The molecule has 2 aromatic rings. The van der Waals surface area contributed by atoms with Crippen molar-refractivity contribution in [3.05, 3.63) is 59.7 Å². The first-order chi connectivity index (χ1) is 13.0. The zero-order valence-electron chi connectivity index (χ0n) is 16.6. The van der Waals surface area contributed by atoms with Crippen molar-refractivity contribution in [3.8, 4) is 5.75 Å². The molecule has 1 heterocycles. The van der Waals surface area contributed by atoms with E-state index in [1.165, 1.54) is 11.3 Å². The van der Waals surface area contributed by atoms with Crippen LogP contribution in [0, 0.1) is 19.8 Å². The third kappa shape index (κ3) is 5.25. The average molecular weight is 367 g/mol. The normalized spacial score (nSPS) is 16.0. The molecule has 0 radical (unpaired) electrons. The summed E-state index contributed by atoms with van der Waals surface area (Å²) in [7, 11) is 0. The van der Waals surface area contributed by atoms with Crippen LogP contribution in [0.2, 0.25) is 0 Å². The average Bonchev–Trinajstić information content (AvgIpc) is 2.68. The molecule has 1 fully saturated rings. The quantitative estimate of drug-likeness (QED) is 0.837. The van der Waals surface area contributed by atoms with Gasteiger partial charge in [-0.1, -0.05) is 35.9 Å². The number of rotatable bonds is 6. The summed E-state index contributed by atoms with van der Waals surface area (Å²) >= 11 is 0. The predicted molar refractivity (Wildman–Crippen MR) is 110 cm³/mol. The SMILES string of the molecule is Cc1ccc(N2CCC(C(=O)N[C@@H](C)COc3ccccc3C)CC2)cc1. The second-order valence-corrected chi connectivity index (χ2v) is 7.58. The highest BCUT2D eigenvalue weighted by Gasteiger charge is 2.26. The third-order valence-electron chi connectivity index (χ3n) is 5.24. The summed E-state index contributed by atoms with van der Waals surface area (Å²) in [6.07, 6.45) is 1.79. The van der Waals surface area contributed by atoms with Crippen LogP contribution in [0.3, 0.4) is 0 Å². The fourth-order valence-electron chi connectivity index (χ4n) is 3.49.